The summed E-state index contributed by atoms with van der Waals surface area (Å²) >= 11 is 0. The van der Waals surface area contributed by atoms with Crippen molar-refractivity contribution in [1.29, 1.82) is 0 Å². The fraction of sp³-hybridized carbons (Fsp3) is 0.923. The van der Waals surface area contributed by atoms with E-state index in [-0.39, 0.29) is 11.4 Å². The molecule has 1 amide bonds. The summed E-state index contributed by atoms with van der Waals surface area (Å²) in [7, 11) is 0. The van der Waals surface area contributed by atoms with Crippen molar-refractivity contribution in [2.24, 2.45) is 5.92 Å². The van der Waals surface area contributed by atoms with E-state index in [4.69, 9.17) is 0 Å². The smallest absolute Gasteiger partial charge is 0.234 e. The highest BCUT2D eigenvalue weighted by molar-refractivity contribution is 5.78. The molecule has 2 N–H and O–H groups in total. The second kappa shape index (κ2) is 5.67. The van der Waals surface area contributed by atoms with Crippen LogP contribution in [0.15, 0.2) is 0 Å². The Morgan fingerprint density at radius 2 is 2.06 bits per heavy atom. The molecule has 0 aromatic heterocycles. The maximum Gasteiger partial charge on any atom is 0.234 e. The summed E-state index contributed by atoms with van der Waals surface area (Å²) in [6.07, 6.45) is 4.75. The molecular formula is C13H26N2O. The molecule has 3 nitrogen and oxygen atoms in total. The molecule has 0 bridgehead atoms. The van der Waals surface area contributed by atoms with Crippen LogP contribution < -0.4 is 10.6 Å². The largest absolute Gasteiger partial charge is 0.350 e. The van der Waals surface area contributed by atoms with Crippen LogP contribution in [0.2, 0.25) is 0 Å². The first-order valence-corrected chi connectivity index (χ1v) is 6.53. The Bertz CT molecular complexity index is 238. The standard InChI is InChI=1S/C13H26N2O/c1-5-7-10-8-11(10)14-9-12(16)15-13(3,4)6-2/h10-11,14H,5-9H2,1-4H3,(H,15,16). The van der Waals surface area contributed by atoms with Crippen molar-refractivity contribution in [1.82, 2.24) is 10.6 Å². The van der Waals surface area contributed by atoms with E-state index in [0.717, 1.165) is 12.3 Å². The van der Waals surface area contributed by atoms with Gasteiger partial charge in [0.2, 0.25) is 5.91 Å². The highest BCUT2D eigenvalue weighted by Crippen LogP contribution is 2.34. The van der Waals surface area contributed by atoms with Crippen LogP contribution in [0.1, 0.15) is 53.4 Å². The fourth-order valence-corrected chi connectivity index (χ4v) is 1.92. The van der Waals surface area contributed by atoms with Crippen LogP contribution in [0, 0.1) is 5.92 Å². The zero-order valence-corrected chi connectivity index (χ0v) is 11.1. The average molecular weight is 226 g/mol. The first-order chi connectivity index (χ1) is 7.48. The van der Waals surface area contributed by atoms with Crippen molar-refractivity contribution in [2.45, 2.75) is 65.0 Å². The first-order valence-electron chi connectivity index (χ1n) is 6.53. The molecular weight excluding hydrogens is 200 g/mol. The lowest BCUT2D eigenvalue weighted by Crippen LogP contribution is -2.46. The molecule has 0 heterocycles. The van der Waals surface area contributed by atoms with E-state index in [1.54, 1.807) is 0 Å². The molecule has 16 heavy (non-hydrogen) atoms. The Kier molecular flexibility index (Phi) is 4.78. The van der Waals surface area contributed by atoms with Gasteiger partial charge in [-0.1, -0.05) is 20.3 Å². The molecule has 1 saturated carbocycles. The molecule has 0 radical (unpaired) electrons. The number of carbonyl (C=O) groups excluding carboxylic acids is 1. The number of hydrogen-bond donors (Lipinski definition) is 2. The Labute approximate surface area is 99.4 Å². The van der Waals surface area contributed by atoms with Gasteiger partial charge >= 0.3 is 0 Å². The van der Waals surface area contributed by atoms with E-state index in [2.05, 4.69) is 38.3 Å². The molecule has 94 valence electrons. The van der Waals surface area contributed by atoms with Gasteiger partial charge in [0.05, 0.1) is 6.54 Å². The molecule has 1 fully saturated rings. The van der Waals surface area contributed by atoms with Gasteiger partial charge < -0.3 is 10.6 Å². The number of hydrogen-bond acceptors (Lipinski definition) is 2. The van der Waals surface area contributed by atoms with Gasteiger partial charge in [0.1, 0.15) is 0 Å². The van der Waals surface area contributed by atoms with Crippen molar-refractivity contribution >= 4 is 5.91 Å². The lowest BCUT2D eigenvalue weighted by molar-refractivity contribution is -0.121. The molecule has 0 saturated heterocycles. The molecule has 3 heteroatoms. The van der Waals surface area contributed by atoms with E-state index in [1.165, 1.54) is 19.3 Å². The van der Waals surface area contributed by atoms with Gasteiger partial charge in [-0.2, -0.15) is 0 Å². The Morgan fingerprint density at radius 3 is 2.62 bits per heavy atom. The quantitative estimate of drug-likeness (QED) is 0.698. The van der Waals surface area contributed by atoms with Crippen LogP contribution in [-0.2, 0) is 4.79 Å². The van der Waals surface area contributed by atoms with Gasteiger partial charge in [-0.25, -0.2) is 0 Å². The van der Waals surface area contributed by atoms with Gasteiger partial charge in [-0.3, -0.25) is 4.79 Å². The SMILES string of the molecule is CCCC1CC1NCC(=O)NC(C)(C)CC. The maximum atomic E-state index is 11.6. The summed E-state index contributed by atoms with van der Waals surface area (Å²) in [5, 5.41) is 6.36. The van der Waals surface area contributed by atoms with E-state index in [0.29, 0.717) is 12.6 Å². The van der Waals surface area contributed by atoms with Crippen molar-refractivity contribution < 1.29 is 4.79 Å². The van der Waals surface area contributed by atoms with E-state index in [1.807, 2.05) is 0 Å². The first kappa shape index (κ1) is 13.5. The molecule has 2 unspecified atom stereocenters. The summed E-state index contributed by atoms with van der Waals surface area (Å²) < 4.78 is 0. The molecule has 1 aliphatic rings. The Hall–Kier alpha value is -0.570. The van der Waals surface area contributed by atoms with Crippen LogP contribution in [0.5, 0.6) is 0 Å². The summed E-state index contributed by atoms with van der Waals surface area (Å²) in [5.74, 6) is 0.936. The zero-order chi connectivity index (χ0) is 12.2. The van der Waals surface area contributed by atoms with E-state index >= 15 is 0 Å². The van der Waals surface area contributed by atoms with E-state index < -0.39 is 0 Å². The molecule has 0 aromatic carbocycles. The van der Waals surface area contributed by atoms with Crippen LogP contribution >= 0.6 is 0 Å². The van der Waals surface area contributed by atoms with Gasteiger partial charge in [-0.05, 0) is 39.0 Å². The average Bonchev–Trinajstić information content (AvgIpc) is 2.94. The third kappa shape index (κ3) is 4.52. The summed E-state index contributed by atoms with van der Waals surface area (Å²) in [6, 6.07) is 0.593. The second-order valence-electron chi connectivity index (χ2n) is 5.56. The van der Waals surface area contributed by atoms with E-state index in [9.17, 15) is 4.79 Å². The highest BCUT2D eigenvalue weighted by Gasteiger charge is 2.35. The molecule has 0 aliphatic heterocycles. The lowest BCUT2D eigenvalue weighted by Gasteiger charge is -2.24. The number of nitrogens with one attached hydrogen (secondary N) is 2. The van der Waals surface area contributed by atoms with Gasteiger partial charge in [0.15, 0.2) is 0 Å². The molecule has 0 spiro atoms. The van der Waals surface area contributed by atoms with Crippen molar-refractivity contribution in [2.75, 3.05) is 6.54 Å². The predicted molar refractivity (Wildman–Crippen MR) is 67.3 cm³/mol. The third-order valence-corrected chi connectivity index (χ3v) is 3.47. The van der Waals surface area contributed by atoms with Crippen molar-refractivity contribution in [3.63, 3.8) is 0 Å². The van der Waals surface area contributed by atoms with Crippen LogP contribution in [0.4, 0.5) is 0 Å². The normalized spacial score (nSPS) is 24.2. The predicted octanol–water partition coefficient (Wildman–Crippen LogP) is 2.07. The minimum Gasteiger partial charge on any atom is -0.350 e. The number of amides is 1. The molecule has 0 aromatic rings. The van der Waals surface area contributed by atoms with Crippen LogP contribution in [0.3, 0.4) is 0 Å². The number of carbonyl (C=O) groups is 1. The minimum atomic E-state index is -0.0782. The van der Waals surface area contributed by atoms with Crippen molar-refractivity contribution in [3.05, 3.63) is 0 Å². The summed E-state index contributed by atoms with van der Waals surface area (Å²) in [4.78, 5) is 11.6. The Morgan fingerprint density at radius 1 is 1.38 bits per heavy atom. The molecule has 1 rings (SSSR count). The topological polar surface area (TPSA) is 41.1 Å². The minimum absolute atomic E-state index is 0.0782. The van der Waals surface area contributed by atoms with Gasteiger partial charge in [-0.15, -0.1) is 0 Å². The lowest BCUT2D eigenvalue weighted by atomic mass is 10.0. The number of rotatable bonds is 7. The monoisotopic (exact) mass is 226 g/mol. The second-order valence-corrected chi connectivity index (χ2v) is 5.56. The van der Waals surface area contributed by atoms with Gasteiger partial charge in [0.25, 0.3) is 0 Å². The Balaban J connectivity index is 2.12. The zero-order valence-electron chi connectivity index (χ0n) is 11.1. The van der Waals surface area contributed by atoms with Crippen LogP contribution in [-0.4, -0.2) is 24.0 Å². The third-order valence-electron chi connectivity index (χ3n) is 3.47. The molecule has 1 aliphatic carbocycles. The fourth-order valence-electron chi connectivity index (χ4n) is 1.92. The van der Waals surface area contributed by atoms with Crippen LogP contribution in [0.25, 0.3) is 0 Å². The molecule has 2 atom stereocenters. The van der Waals surface area contributed by atoms with Crippen molar-refractivity contribution in [3.8, 4) is 0 Å². The maximum absolute atomic E-state index is 11.6. The van der Waals surface area contributed by atoms with Gasteiger partial charge in [0, 0.05) is 11.6 Å². The highest BCUT2D eigenvalue weighted by atomic mass is 16.2. The summed E-state index contributed by atoms with van der Waals surface area (Å²) in [6.45, 7) is 8.88. The summed E-state index contributed by atoms with van der Waals surface area (Å²) in [5.41, 5.74) is -0.0782.